The summed E-state index contributed by atoms with van der Waals surface area (Å²) < 4.78 is 1.30. The Labute approximate surface area is 114 Å². The Kier molecular flexibility index (Phi) is 3.20. The summed E-state index contributed by atoms with van der Waals surface area (Å²) in [6.45, 7) is 3.30. The van der Waals surface area contributed by atoms with Gasteiger partial charge in [-0.05, 0) is 19.9 Å². The molecule has 0 spiro atoms. The van der Waals surface area contributed by atoms with Crippen LogP contribution < -0.4 is 0 Å². The fraction of sp³-hybridized carbons (Fsp3) is 0.154. The average Bonchev–Trinajstić information content (AvgIpc) is 2.79. The molecule has 2 heterocycles. The van der Waals surface area contributed by atoms with E-state index >= 15 is 0 Å². The van der Waals surface area contributed by atoms with Gasteiger partial charge in [0.2, 0.25) is 0 Å². The van der Waals surface area contributed by atoms with E-state index in [4.69, 9.17) is 10.5 Å². The van der Waals surface area contributed by atoms with Gasteiger partial charge in [0, 0.05) is 5.69 Å². The van der Waals surface area contributed by atoms with Crippen LogP contribution in [0.25, 0.3) is 5.69 Å². The molecule has 0 unspecified atom stereocenters. The molecule has 2 aromatic heterocycles. The second-order valence-corrected chi connectivity index (χ2v) is 4.08. The van der Waals surface area contributed by atoms with E-state index in [0.29, 0.717) is 11.4 Å². The van der Waals surface area contributed by atoms with E-state index in [0.717, 1.165) is 0 Å². The number of nitrogens with zero attached hydrogens (tertiary/aromatic N) is 5. The second-order valence-electron chi connectivity index (χ2n) is 4.08. The first-order valence-corrected chi connectivity index (χ1v) is 5.59. The van der Waals surface area contributed by atoms with Gasteiger partial charge < -0.3 is 5.11 Å². The maximum atomic E-state index is 11.4. The van der Waals surface area contributed by atoms with E-state index in [2.05, 4.69) is 9.97 Å². The van der Waals surface area contributed by atoms with Gasteiger partial charge in [-0.25, -0.2) is 9.78 Å². The lowest BCUT2D eigenvalue weighted by Crippen LogP contribution is -2.11. The standard InChI is InChI=1S/C13H9N5O2/c1-7-3-10(12(13(19)20)8(2)17-7)18-6-16-9(4-14)11(18)5-15/h3,6H,1-2H3,(H,19,20). The van der Waals surface area contributed by atoms with Crippen LogP contribution in [0.1, 0.15) is 33.1 Å². The highest BCUT2D eigenvalue weighted by Crippen LogP contribution is 2.21. The van der Waals surface area contributed by atoms with Crippen molar-refractivity contribution in [2.24, 2.45) is 0 Å². The molecule has 0 aromatic carbocycles. The maximum Gasteiger partial charge on any atom is 0.339 e. The molecule has 0 saturated carbocycles. The van der Waals surface area contributed by atoms with Gasteiger partial charge in [0.1, 0.15) is 24.0 Å². The number of imidazole rings is 1. The van der Waals surface area contributed by atoms with Crippen molar-refractivity contribution in [2.45, 2.75) is 13.8 Å². The number of nitriles is 2. The number of aryl methyl sites for hydroxylation is 2. The van der Waals surface area contributed by atoms with Crippen LogP contribution in [-0.2, 0) is 0 Å². The van der Waals surface area contributed by atoms with Gasteiger partial charge in [0.05, 0.1) is 11.4 Å². The predicted octanol–water partition coefficient (Wildman–Crippen LogP) is 1.33. The molecule has 7 heteroatoms. The first kappa shape index (κ1) is 13.2. The second kappa shape index (κ2) is 4.82. The molecule has 0 radical (unpaired) electrons. The van der Waals surface area contributed by atoms with Crippen LogP contribution in [0.3, 0.4) is 0 Å². The maximum absolute atomic E-state index is 11.4. The van der Waals surface area contributed by atoms with Gasteiger partial charge in [-0.15, -0.1) is 0 Å². The molecule has 0 amide bonds. The third kappa shape index (κ3) is 1.98. The Balaban J connectivity index is 2.84. The summed E-state index contributed by atoms with van der Waals surface area (Å²) in [7, 11) is 0. The van der Waals surface area contributed by atoms with E-state index in [1.54, 1.807) is 26.0 Å². The molecular weight excluding hydrogens is 258 g/mol. The Morgan fingerprint density at radius 2 is 2.05 bits per heavy atom. The number of pyridine rings is 1. The molecule has 20 heavy (non-hydrogen) atoms. The highest BCUT2D eigenvalue weighted by molar-refractivity contribution is 5.93. The van der Waals surface area contributed by atoms with Crippen LogP contribution in [0.2, 0.25) is 0 Å². The monoisotopic (exact) mass is 267 g/mol. The van der Waals surface area contributed by atoms with Crippen molar-refractivity contribution in [3.8, 4) is 17.8 Å². The molecule has 7 nitrogen and oxygen atoms in total. The predicted molar refractivity (Wildman–Crippen MR) is 67.2 cm³/mol. The van der Waals surface area contributed by atoms with Gasteiger partial charge in [-0.1, -0.05) is 0 Å². The smallest absolute Gasteiger partial charge is 0.339 e. The minimum atomic E-state index is -1.15. The molecule has 0 aliphatic heterocycles. The topological polar surface area (TPSA) is 116 Å². The Morgan fingerprint density at radius 3 is 2.60 bits per heavy atom. The molecule has 98 valence electrons. The Bertz CT molecular complexity index is 792. The van der Waals surface area contributed by atoms with E-state index in [9.17, 15) is 9.90 Å². The number of aromatic carboxylic acids is 1. The zero-order valence-electron chi connectivity index (χ0n) is 10.7. The van der Waals surface area contributed by atoms with Crippen LogP contribution in [-0.4, -0.2) is 25.6 Å². The first-order valence-electron chi connectivity index (χ1n) is 5.59. The summed E-state index contributed by atoms with van der Waals surface area (Å²) in [5, 5.41) is 27.3. The number of hydrogen-bond acceptors (Lipinski definition) is 5. The fourth-order valence-corrected chi connectivity index (χ4v) is 1.98. The van der Waals surface area contributed by atoms with E-state index in [-0.39, 0.29) is 22.6 Å². The molecule has 0 aliphatic rings. The lowest BCUT2D eigenvalue weighted by molar-refractivity contribution is 0.0695. The highest BCUT2D eigenvalue weighted by atomic mass is 16.4. The van der Waals surface area contributed by atoms with Crippen molar-refractivity contribution in [3.63, 3.8) is 0 Å². The SMILES string of the molecule is Cc1cc(-n2cnc(C#N)c2C#N)c(C(=O)O)c(C)n1. The van der Waals surface area contributed by atoms with Crippen LogP contribution in [0.15, 0.2) is 12.4 Å². The Hall–Kier alpha value is -3.19. The molecular formula is C13H9N5O2. The molecule has 2 rings (SSSR count). The third-order valence-electron chi connectivity index (χ3n) is 2.76. The fourth-order valence-electron chi connectivity index (χ4n) is 1.98. The van der Waals surface area contributed by atoms with Crippen LogP contribution in [0.5, 0.6) is 0 Å². The zero-order chi connectivity index (χ0) is 14.9. The van der Waals surface area contributed by atoms with Crippen LogP contribution in [0.4, 0.5) is 0 Å². The van der Waals surface area contributed by atoms with Gasteiger partial charge in [0.15, 0.2) is 11.4 Å². The van der Waals surface area contributed by atoms with Crippen LogP contribution >= 0.6 is 0 Å². The van der Waals surface area contributed by atoms with Crippen molar-refractivity contribution in [1.82, 2.24) is 14.5 Å². The largest absolute Gasteiger partial charge is 0.478 e. The van der Waals surface area contributed by atoms with Gasteiger partial charge in [-0.2, -0.15) is 10.5 Å². The minimum absolute atomic E-state index is 0.000000000000000222. The van der Waals surface area contributed by atoms with Crippen molar-refractivity contribution >= 4 is 5.97 Å². The van der Waals surface area contributed by atoms with Crippen LogP contribution in [0, 0.1) is 36.5 Å². The van der Waals surface area contributed by atoms with Crippen molar-refractivity contribution in [1.29, 1.82) is 10.5 Å². The number of aromatic nitrogens is 3. The summed E-state index contributed by atoms with van der Waals surface area (Å²) in [5.74, 6) is -1.15. The lowest BCUT2D eigenvalue weighted by atomic mass is 10.1. The summed E-state index contributed by atoms with van der Waals surface area (Å²) in [5.41, 5.74) is 1.15. The summed E-state index contributed by atoms with van der Waals surface area (Å²) in [6, 6.07) is 5.20. The van der Waals surface area contributed by atoms with E-state index < -0.39 is 5.97 Å². The van der Waals surface area contributed by atoms with Gasteiger partial charge in [-0.3, -0.25) is 9.55 Å². The normalized spacial score (nSPS) is 9.80. The number of carboxylic acids is 1. The Morgan fingerprint density at radius 1 is 1.35 bits per heavy atom. The summed E-state index contributed by atoms with van der Waals surface area (Å²) in [4.78, 5) is 19.3. The lowest BCUT2D eigenvalue weighted by Gasteiger charge is -2.11. The van der Waals surface area contributed by atoms with Crippen molar-refractivity contribution < 1.29 is 9.90 Å². The summed E-state index contributed by atoms with van der Waals surface area (Å²) in [6.07, 6.45) is 1.26. The molecule has 0 aliphatic carbocycles. The first-order chi connectivity index (χ1) is 9.49. The number of carboxylic acid groups (broad SMARTS) is 1. The highest BCUT2D eigenvalue weighted by Gasteiger charge is 2.20. The third-order valence-corrected chi connectivity index (χ3v) is 2.76. The average molecular weight is 267 g/mol. The van der Waals surface area contributed by atoms with E-state index in [1.165, 1.54) is 10.9 Å². The van der Waals surface area contributed by atoms with Crippen molar-refractivity contribution in [2.75, 3.05) is 0 Å². The number of hydrogen-bond donors (Lipinski definition) is 1. The molecule has 1 N–H and O–H groups in total. The molecule has 0 bridgehead atoms. The quantitative estimate of drug-likeness (QED) is 0.877. The van der Waals surface area contributed by atoms with Gasteiger partial charge >= 0.3 is 5.97 Å². The number of rotatable bonds is 2. The van der Waals surface area contributed by atoms with Crippen molar-refractivity contribution in [3.05, 3.63) is 40.7 Å². The number of carbonyl (C=O) groups is 1. The molecule has 2 aromatic rings. The van der Waals surface area contributed by atoms with Gasteiger partial charge in [0.25, 0.3) is 0 Å². The summed E-state index contributed by atoms with van der Waals surface area (Å²) >= 11 is 0. The minimum Gasteiger partial charge on any atom is -0.478 e. The van der Waals surface area contributed by atoms with E-state index in [1.807, 2.05) is 6.07 Å². The molecule has 0 atom stereocenters. The molecule has 0 fully saturated rings. The zero-order valence-corrected chi connectivity index (χ0v) is 10.7. The molecule has 0 saturated heterocycles.